The summed E-state index contributed by atoms with van der Waals surface area (Å²) >= 11 is 0. The monoisotopic (exact) mass is 357 g/mol. The maximum absolute atomic E-state index is 13.1. The topological polar surface area (TPSA) is 67.8 Å². The second-order valence-electron chi connectivity index (χ2n) is 6.72. The molecule has 1 heterocycles. The predicted molar refractivity (Wildman–Crippen MR) is 92.7 cm³/mol. The lowest BCUT2D eigenvalue weighted by molar-refractivity contribution is -0.124. The summed E-state index contributed by atoms with van der Waals surface area (Å²) in [6, 6.07) is 11.3. The number of aliphatic hydroxyl groups excluding tert-OH is 1. The number of rotatable bonds is 5. The molecule has 6 heteroatoms. The molecule has 0 saturated heterocycles. The van der Waals surface area contributed by atoms with E-state index >= 15 is 0 Å². The summed E-state index contributed by atoms with van der Waals surface area (Å²) in [7, 11) is 0. The number of carbonyl (C=O) groups is 1. The van der Waals surface area contributed by atoms with Crippen LogP contribution in [0.5, 0.6) is 11.5 Å². The number of halogens is 1. The van der Waals surface area contributed by atoms with Crippen molar-refractivity contribution < 1.29 is 23.8 Å². The Hall–Kier alpha value is -2.60. The van der Waals surface area contributed by atoms with Crippen molar-refractivity contribution in [1.29, 1.82) is 0 Å². The molecule has 2 aromatic rings. The molecule has 1 aliphatic carbocycles. The standard InChI is InChI=1S/C20H20FNO4/c21-15-4-2-14(3-5-15)20(7-8-20)19(24)22-12-16(23)13-1-6-17-18(11-13)26-10-9-25-17/h1-6,11,16,23H,7-10,12H2,(H,22,24). The molecule has 1 atom stereocenters. The Labute approximate surface area is 150 Å². The number of hydrogen-bond donors (Lipinski definition) is 2. The number of ether oxygens (including phenoxy) is 2. The summed E-state index contributed by atoms with van der Waals surface area (Å²) in [6.07, 6.45) is 0.605. The molecule has 0 aromatic heterocycles. The second kappa shape index (κ2) is 6.61. The maximum Gasteiger partial charge on any atom is 0.230 e. The van der Waals surface area contributed by atoms with E-state index in [1.54, 1.807) is 30.3 Å². The molecule has 1 aliphatic heterocycles. The molecule has 0 bridgehead atoms. The number of amides is 1. The van der Waals surface area contributed by atoms with Gasteiger partial charge in [-0.25, -0.2) is 4.39 Å². The number of fused-ring (bicyclic) bond motifs is 1. The fraction of sp³-hybridized carbons (Fsp3) is 0.350. The van der Waals surface area contributed by atoms with Gasteiger partial charge >= 0.3 is 0 Å². The van der Waals surface area contributed by atoms with Crippen molar-refractivity contribution in [1.82, 2.24) is 5.32 Å². The van der Waals surface area contributed by atoms with E-state index in [-0.39, 0.29) is 18.3 Å². The van der Waals surface area contributed by atoms with E-state index < -0.39 is 11.5 Å². The Morgan fingerprint density at radius 1 is 1.12 bits per heavy atom. The molecule has 2 aromatic carbocycles. The van der Waals surface area contributed by atoms with Gasteiger partial charge < -0.3 is 19.9 Å². The lowest BCUT2D eigenvalue weighted by atomic mass is 9.95. The van der Waals surface area contributed by atoms with Crippen molar-refractivity contribution in [2.75, 3.05) is 19.8 Å². The third-order valence-corrected chi connectivity index (χ3v) is 4.99. The van der Waals surface area contributed by atoms with Gasteiger partial charge in [0, 0.05) is 6.54 Å². The van der Waals surface area contributed by atoms with Crippen LogP contribution in [-0.4, -0.2) is 30.8 Å². The molecule has 26 heavy (non-hydrogen) atoms. The van der Waals surface area contributed by atoms with E-state index in [1.165, 1.54) is 12.1 Å². The number of aliphatic hydroxyl groups is 1. The Morgan fingerprint density at radius 2 is 1.81 bits per heavy atom. The normalized spacial score (nSPS) is 18.1. The van der Waals surface area contributed by atoms with Crippen LogP contribution < -0.4 is 14.8 Å². The molecule has 0 spiro atoms. The van der Waals surface area contributed by atoms with Crippen LogP contribution in [0.4, 0.5) is 4.39 Å². The zero-order valence-electron chi connectivity index (χ0n) is 14.2. The Morgan fingerprint density at radius 3 is 2.50 bits per heavy atom. The van der Waals surface area contributed by atoms with Crippen molar-refractivity contribution in [2.45, 2.75) is 24.4 Å². The number of hydrogen-bond acceptors (Lipinski definition) is 4. The summed E-state index contributed by atoms with van der Waals surface area (Å²) in [4.78, 5) is 12.6. The highest BCUT2D eigenvalue weighted by atomic mass is 19.1. The van der Waals surface area contributed by atoms with Gasteiger partial charge in [-0.1, -0.05) is 18.2 Å². The molecule has 1 saturated carbocycles. The van der Waals surface area contributed by atoms with Gasteiger partial charge in [-0.15, -0.1) is 0 Å². The minimum Gasteiger partial charge on any atom is -0.486 e. The van der Waals surface area contributed by atoms with E-state index in [2.05, 4.69) is 5.32 Å². The predicted octanol–water partition coefficient (Wildman–Crippen LogP) is 2.48. The van der Waals surface area contributed by atoms with Gasteiger partial charge in [0.1, 0.15) is 19.0 Å². The quantitative estimate of drug-likeness (QED) is 0.863. The van der Waals surface area contributed by atoms with Gasteiger partial charge in [-0.2, -0.15) is 0 Å². The zero-order valence-corrected chi connectivity index (χ0v) is 14.2. The van der Waals surface area contributed by atoms with Crippen molar-refractivity contribution in [3.8, 4) is 11.5 Å². The van der Waals surface area contributed by atoms with E-state index in [1.807, 2.05) is 0 Å². The highest BCUT2D eigenvalue weighted by molar-refractivity contribution is 5.91. The maximum atomic E-state index is 13.1. The number of nitrogens with one attached hydrogen (secondary N) is 1. The van der Waals surface area contributed by atoms with Gasteiger partial charge in [-0.3, -0.25) is 4.79 Å². The summed E-state index contributed by atoms with van der Waals surface area (Å²) in [5, 5.41) is 13.2. The largest absolute Gasteiger partial charge is 0.486 e. The first-order valence-corrected chi connectivity index (χ1v) is 8.70. The van der Waals surface area contributed by atoms with Crippen LogP contribution in [0.3, 0.4) is 0 Å². The third-order valence-electron chi connectivity index (χ3n) is 4.99. The van der Waals surface area contributed by atoms with E-state index in [4.69, 9.17) is 9.47 Å². The molecule has 1 unspecified atom stereocenters. The SMILES string of the molecule is O=C(NCC(O)c1ccc2c(c1)OCCO2)C1(c2ccc(F)cc2)CC1. The molecule has 1 amide bonds. The minimum absolute atomic E-state index is 0.0986. The molecule has 2 aliphatic rings. The van der Waals surface area contributed by atoms with Crippen molar-refractivity contribution >= 4 is 5.91 Å². The molecular weight excluding hydrogens is 337 g/mol. The fourth-order valence-corrected chi connectivity index (χ4v) is 3.28. The Kier molecular flexibility index (Phi) is 4.28. The van der Waals surface area contributed by atoms with Crippen LogP contribution in [0.1, 0.15) is 30.1 Å². The summed E-state index contributed by atoms with van der Waals surface area (Å²) in [6.45, 7) is 1.08. The zero-order chi connectivity index (χ0) is 18.1. The first-order chi connectivity index (χ1) is 12.6. The van der Waals surface area contributed by atoms with Gasteiger partial charge in [0.15, 0.2) is 11.5 Å². The highest BCUT2D eigenvalue weighted by Crippen LogP contribution is 2.48. The van der Waals surface area contributed by atoms with Crippen LogP contribution in [0, 0.1) is 5.82 Å². The second-order valence-corrected chi connectivity index (χ2v) is 6.72. The van der Waals surface area contributed by atoms with Crippen LogP contribution in [0.25, 0.3) is 0 Å². The van der Waals surface area contributed by atoms with Gasteiger partial charge in [0.25, 0.3) is 0 Å². The molecule has 1 fully saturated rings. The lowest BCUT2D eigenvalue weighted by Gasteiger charge is -2.21. The lowest BCUT2D eigenvalue weighted by Crippen LogP contribution is -2.37. The smallest absolute Gasteiger partial charge is 0.230 e. The highest BCUT2D eigenvalue weighted by Gasteiger charge is 2.51. The molecule has 0 radical (unpaired) electrons. The fourth-order valence-electron chi connectivity index (χ4n) is 3.28. The van der Waals surface area contributed by atoms with Crippen molar-refractivity contribution in [3.63, 3.8) is 0 Å². The summed E-state index contributed by atoms with van der Waals surface area (Å²) < 4.78 is 24.1. The van der Waals surface area contributed by atoms with Crippen LogP contribution in [-0.2, 0) is 10.2 Å². The Balaban J connectivity index is 1.40. The Bertz CT molecular complexity index is 817. The first kappa shape index (κ1) is 16.8. The van der Waals surface area contributed by atoms with Crippen molar-refractivity contribution in [3.05, 3.63) is 59.4 Å². The average molecular weight is 357 g/mol. The van der Waals surface area contributed by atoms with Gasteiger partial charge in [0.05, 0.1) is 11.5 Å². The summed E-state index contributed by atoms with van der Waals surface area (Å²) in [5.74, 6) is 0.799. The molecule has 136 valence electrons. The van der Waals surface area contributed by atoms with Crippen molar-refractivity contribution in [2.24, 2.45) is 0 Å². The van der Waals surface area contributed by atoms with E-state index in [9.17, 15) is 14.3 Å². The van der Waals surface area contributed by atoms with Crippen LogP contribution >= 0.6 is 0 Å². The first-order valence-electron chi connectivity index (χ1n) is 8.70. The van der Waals surface area contributed by atoms with Gasteiger partial charge in [-0.05, 0) is 48.2 Å². The third kappa shape index (κ3) is 3.12. The average Bonchev–Trinajstić information content (AvgIpc) is 3.48. The summed E-state index contributed by atoms with van der Waals surface area (Å²) in [5.41, 5.74) is 0.867. The van der Waals surface area contributed by atoms with E-state index in [0.29, 0.717) is 30.3 Å². The van der Waals surface area contributed by atoms with Gasteiger partial charge in [0.2, 0.25) is 5.91 Å². The molecule has 4 rings (SSSR count). The molecule has 2 N–H and O–H groups in total. The van der Waals surface area contributed by atoms with E-state index in [0.717, 1.165) is 18.4 Å². The van der Waals surface area contributed by atoms with Crippen LogP contribution in [0.15, 0.2) is 42.5 Å². The number of benzene rings is 2. The molecular formula is C20H20FNO4. The minimum atomic E-state index is -0.848. The van der Waals surface area contributed by atoms with Crippen LogP contribution in [0.2, 0.25) is 0 Å². The number of carbonyl (C=O) groups excluding carboxylic acids is 1. The molecule has 5 nitrogen and oxygen atoms in total.